The summed E-state index contributed by atoms with van der Waals surface area (Å²) in [6.45, 7) is -0.733. The molecule has 0 saturated carbocycles. The third-order valence-electron chi connectivity index (χ3n) is 2.85. The Labute approximate surface area is 104 Å². The Balaban J connectivity index is 2.61. The van der Waals surface area contributed by atoms with E-state index in [9.17, 15) is 26.3 Å². The van der Waals surface area contributed by atoms with Gasteiger partial charge in [-0.2, -0.15) is 26.3 Å². The van der Waals surface area contributed by atoms with Crippen molar-refractivity contribution in [2.24, 2.45) is 0 Å². The molecule has 2 rings (SSSR count). The number of ether oxygens (including phenoxy) is 1. The predicted molar refractivity (Wildman–Crippen MR) is 55.2 cm³/mol. The quantitative estimate of drug-likeness (QED) is 0.708. The molecule has 1 aliphatic rings. The van der Waals surface area contributed by atoms with Crippen molar-refractivity contribution in [3.63, 3.8) is 0 Å². The van der Waals surface area contributed by atoms with Crippen LogP contribution in [0.3, 0.4) is 0 Å². The summed E-state index contributed by atoms with van der Waals surface area (Å²) in [7, 11) is 0. The highest BCUT2D eigenvalue weighted by Crippen LogP contribution is 2.55. The van der Waals surface area contributed by atoms with Gasteiger partial charge in [-0.3, -0.25) is 0 Å². The molecular weight excluding hydrogens is 274 g/mol. The van der Waals surface area contributed by atoms with Gasteiger partial charge >= 0.3 is 12.4 Å². The molecule has 0 N–H and O–H groups in total. The predicted octanol–water partition coefficient (Wildman–Crippen LogP) is 3.96. The Bertz CT molecular complexity index is 471. The molecule has 1 nitrogen and oxygen atoms in total. The van der Waals surface area contributed by atoms with E-state index in [-0.39, 0.29) is 5.56 Å². The van der Waals surface area contributed by atoms with Gasteiger partial charge < -0.3 is 4.74 Å². The van der Waals surface area contributed by atoms with Crippen molar-refractivity contribution in [2.45, 2.75) is 18.0 Å². The van der Waals surface area contributed by atoms with Gasteiger partial charge in [0.25, 0.3) is 5.60 Å². The fraction of sp³-hybridized carbons (Fsp3) is 0.333. The summed E-state index contributed by atoms with van der Waals surface area (Å²) in [5.41, 5.74) is -5.32. The molecule has 0 spiro atoms. The Morgan fingerprint density at radius 2 is 1.42 bits per heavy atom. The molecule has 0 saturated heterocycles. The van der Waals surface area contributed by atoms with Gasteiger partial charge in [0.2, 0.25) is 0 Å². The Kier molecular flexibility index (Phi) is 3.12. The first-order chi connectivity index (χ1) is 8.70. The van der Waals surface area contributed by atoms with Crippen LogP contribution < -0.4 is 0 Å². The number of benzene rings is 1. The van der Waals surface area contributed by atoms with Crippen molar-refractivity contribution in [1.29, 1.82) is 0 Å². The van der Waals surface area contributed by atoms with Gasteiger partial charge in [-0.15, -0.1) is 0 Å². The van der Waals surface area contributed by atoms with Gasteiger partial charge in [-0.05, 0) is 5.56 Å². The molecule has 1 aromatic rings. The summed E-state index contributed by atoms with van der Waals surface area (Å²) in [5, 5.41) is 0. The lowest BCUT2D eigenvalue weighted by Crippen LogP contribution is -2.57. The maximum atomic E-state index is 13.0. The van der Waals surface area contributed by atoms with Crippen LogP contribution in [0.1, 0.15) is 5.56 Å². The number of hydrogen-bond donors (Lipinski definition) is 0. The van der Waals surface area contributed by atoms with Crippen molar-refractivity contribution >= 4 is 5.57 Å². The highest BCUT2D eigenvalue weighted by atomic mass is 19.4. The van der Waals surface area contributed by atoms with Crippen molar-refractivity contribution in [3.8, 4) is 0 Å². The van der Waals surface area contributed by atoms with E-state index in [1.165, 1.54) is 30.3 Å². The van der Waals surface area contributed by atoms with Gasteiger partial charge in [0, 0.05) is 5.57 Å². The number of halogens is 6. The van der Waals surface area contributed by atoms with E-state index in [4.69, 9.17) is 0 Å². The summed E-state index contributed by atoms with van der Waals surface area (Å²) in [5.74, 6) is 0. The average Bonchev–Trinajstić information content (AvgIpc) is 2.74. The molecule has 0 aromatic heterocycles. The van der Waals surface area contributed by atoms with Crippen molar-refractivity contribution in [3.05, 3.63) is 42.0 Å². The molecule has 1 aliphatic heterocycles. The lowest BCUT2D eigenvalue weighted by atomic mass is 9.87. The first-order valence-corrected chi connectivity index (χ1v) is 5.23. The molecule has 0 atom stereocenters. The summed E-state index contributed by atoms with van der Waals surface area (Å²) in [6, 6.07) is 6.61. The topological polar surface area (TPSA) is 9.23 Å². The van der Waals surface area contributed by atoms with Crippen LogP contribution in [0.15, 0.2) is 36.4 Å². The fourth-order valence-corrected chi connectivity index (χ4v) is 2.04. The van der Waals surface area contributed by atoms with E-state index in [0.717, 1.165) is 6.08 Å². The number of alkyl halides is 6. The van der Waals surface area contributed by atoms with E-state index >= 15 is 0 Å². The van der Waals surface area contributed by atoms with E-state index in [2.05, 4.69) is 4.74 Å². The van der Waals surface area contributed by atoms with E-state index in [1.807, 2.05) is 0 Å². The highest BCUT2D eigenvalue weighted by Gasteiger charge is 2.75. The molecule has 1 aromatic carbocycles. The second-order valence-electron chi connectivity index (χ2n) is 3.97. The molecule has 7 heteroatoms. The number of hydrogen-bond acceptors (Lipinski definition) is 1. The molecule has 19 heavy (non-hydrogen) atoms. The molecule has 1 heterocycles. The minimum absolute atomic E-state index is 0.158. The Hall–Kier alpha value is -1.50. The maximum absolute atomic E-state index is 13.0. The molecule has 0 radical (unpaired) electrons. The second kappa shape index (κ2) is 4.26. The van der Waals surface area contributed by atoms with Crippen LogP contribution in [0.2, 0.25) is 0 Å². The van der Waals surface area contributed by atoms with Crippen LogP contribution >= 0.6 is 0 Å². The van der Waals surface area contributed by atoms with Crippen LogP contribution in [0.25, 0.3) is 5.57 Å². The van der Waals surface area contributed by atoms with Crippen molar-refractivity contribution in [2.75, 3.05) is 6.61 Å². The summed E-state index contributed by atoms with van der Waals surface area (Å²) < 4.78 is 81.9. The van der Waals surface area contributed by atoms with Crippen LogP contribution in [0.5, 0.6) is 0 Å². The third kappa shape index (κ3) is 2.01. The fourth-order valence-electron chi connectivity index (χ4n) is 2.04. The zero-order valence-corrected chi connectivity index (χ0v) is 9.35. The zero-order valence-electron chi connectivity index (χ0n) is 9.35. The average molecular weight is 282 g/mol. The van der Waals surface area contributed by atoms with Gasteiger partial charge in [-0.1, -0.05) is 36.4 Å². The minimum atomic E-state index is -5.58. The van der Waals surface area contributed by atoms with Crippen molar-refractivity contribution < 1.29 is 31.1 Å². The summed E-state index contributed by atoms with van der Waals surface area (Å²) in [6.07, 6.45) is -10.3. The first-order valence-electron chi connectivity index (χ1n) is 5.23. The largest absolute Gasteiger partial charge is 0.430 e. The van der Waals surface area contributed by atoms with Crippen LogP contribution in [-0.2, 0) is 4.74 Å². The second-order valence-corrected chi connectivity index (χ2v) is 3.97. The monoisotopic (exact) mass is 282 g/mol. The lowest BCUT2D eigenvalue weighted by Gasteiger charge is -2.35. The van der Waals surface area contributed by atoms with E-state index < -0.39 is 30.1 Å². The van der Waals surface area contributed by atoms with E-state index in [0.29, 0.717) is 0 Å². The standard InChI is InChI=1S/C12H8F6O/c13-11(14,15)10(12(16,17)18)9(6-7-19-10)8-4-2-1-3-5-8/h1-6H,7H2. The Morgan fingerprint density at radius 1 is 0.895 bits per heavy atom. The van der Waals surface area contributed by atoms with Gasteiger partial charge in [-0.25, -0.2) is 0 Å². The molecule has 0 fully saturated rings. The Morgan fingerprint density at radius 3 is 1.89 bits per heavy atom. The minimum Gasteiger partial charge on any atom is -0.350 e. The summed E-state index contributed by atoms with van der Waals surface area (Å²) in [4.78, 5) is 0. The lowest BCUT2D eigenvalue weighted by molar-refractivity contribution is -0.349. The zero-order chi connectivity index (χ0) is 14.3. The van der Waals surface area contributed by atoms with Crippen LogP contribution in [-0.4, -0.2) is 24.6 Å². The molecular formula is C12H8F6O. The van der Waals surface area contributed by atoms with Crippen LogP contribution in [0.4, 0.5) is 26.3 Å². The molecule has 0 unspecified atom stereocenters. The molecule has 0 bridgehead atoms. The summed E-state index contributed by atoms with van der Waals surface area (Å²) >= 11 is 0. The molecule has 104 valence electrons. The maximum Gasteiger partial charge on any atom is 0.430 e. The van der Waals surface area contributed by atoms with Gasteiger partial charge in [0.05, 0.1) is 6.61 Å². The normalized spacial score (nSPS) is 19.4. The smallest absolute Gasteiger partial charge is 0.350 e. The van der Waals surface area contributed by atoms with E-state index in [1.54, 1.807) is 0 Å². The number of rotatable bonds is 1. The SMILES string of the molecule is FC(F)(F)C1(C(F)(F)F)OCC=C1c1ccccc1. The van der Waals surface area contributed by atoms with Crippen LogP contribution in [0, 0.1) is 0 Å². The first kappa shape index (κ1) is 13.9. The highest BCUT2D eigenvalue weighted by molar-refractivity contribution is 5.75. The van der Waals surface area contributed by atoms with Crippen molar-refractivity contribution in [1.82, 2.24) is 0 Å². The van der Waals surface area contributed by atoms with Gasteiger partial charge in [0.1, 0.15) is 0 Å². The van der Waals surface area contributed by atoms with Gasteiger partial charge in [0.15, 0.2) is 0 Å². The third-order valence-corrected chi connectivity index (χ3v) is 2.85. The molecule has 0 amide bonds. The molecule has 0 aliphatic carbocycles.